The Balaban J connectivity index is 1.82. The first-order chi connectivity index (χ1) is 11.3. The highest BCUT2D eigenvalue weighted by Crippen LogP contribution is 2.16. The lowest BCUT2D eigenvalue weighted by Gasteiger charge is -2.22. The number of benzene rings is 1. The van der Waals surface area contributed by atoms with Gasteiger partial charge in [-0.25, -0.2) is 13.2 Å². The van der Waals surface area contributed by atoms with E-state index in [-0.39, 0.29) is 17.5 Å². The summed E-state index contributed by atoms with van der Waals surface area (Å²) in [6.07, 6.45) is 3.25. The largest absolute Gasteiger partial charge is 0.452 e. The molecular formula is C16H18BrNO5S. The number of hydrogen-bond donors (Lipinski definition) is 0. The molecule has 130 valence electrons. The van der Waals surface area contributed by atoms with Crippen LogP contribution in [0.3, 0.4) is 0 Å². The highest BCUT2D eigenvalue weighted by Gasteiger charge is 2.32. The van der Waals surface area contributed by atoms with Crippen molar-refractivity contribution in [2.45, 2.75) is 12.5 Å². The van der Waals surface area contributed by atoms with Gasteiger partial charge in [0, 0.05) is 23.6 Å². The van der Waals surface area contributed by atoms with Crippen LogP contribution in [-0.4, -0.2) is 56.4 Å². The summed E-state index contributed by atoms with van der Waals surface area (Å²) in [4.78, 5) is 25.0. The van der Waals surface area contributed by atoms with E-state index in [9.17, 15) is 18.0 Å². The van der Waals surface area contributed by atoms with E-state index in [0.29, 0.717) is 6.42 Å². The molecule has 1 unspecified atom stereocenters. The molecule has 0 aromatic heterocycles. The van der Waals surface area contributed by atoms with E-state index >= 15 is 0 Å². The second-order valence-electron chi connectivity index (χ2n) is 5.56. The Kier molecular flexibility index (Phi) is 6.17. The minimum atomic E-state index is -3.06. The van der Waals surface area contributed by atoms with Gasteiger partial charge in [0.05, 0.1) is 11.5 Å². The van der Waals surface area contributed by atoms with Gasteiger partial charge in [-0.05, 0) is 30.2 Å². The van der Waals surface area contributed by atoms with E-state index in [0.717, 1.165) is 10.0 Å². The van der Waals surface area contributed by atoms with Gasteiger partial charge >= 0.3 is 5.97 Å². The predicted octanol–water partition coefficient (Wildman–Crippen LogP) is 1.65. The highest BCUT2D eigenvalue weighted by atomic mass is 79.9. The number of hydrogen-bond acceptors (Lipinski definition) is 5. The molecule has 6 nitrogen and oxygen atoms in total. The van der Waals surface area contributed by atoms with E-state index in [1.54, 1.807) is 6.08 Å². The molecule has 0 aliphatic carbocycles. The van der Waals surface area contributed by atoms with Crippen molar-refractivity contribution < 1.29 is 22.7 Å². The summed E-state index contributed by atoms with van der Waals surface area (Å²) in [5.74, 6) is -0.992. The fraction of sp³-hybridized carbons (Fsp3) is 0.375. The molecule has 1 atom stereocenters. The Hall–Kier alpha value is -1.67. The molecule has 0 bridgehead atoms. The number of esters is 1. The summed E-state index contributed by atoms with van der Waals surface area (Å²) in [5.41, 5.74) is 0.820. The quantitative estimate of drug-likeness (QED) is 0.539. The molecule has 8 heteroatoms. The molecule has 0 saturated carbocycles. The average molecular weight is 416 g/mol. The zero-order chi connectivity index (χ0) is 17.7. The first-order valence-corrected chi connectivity index (χ1v) is 9.95. The Bertz CT molecular complexity index is 759. The third-order valence-corrected chi connectivity index (χ3v) is 5.99. The van der Waals surface area contributed by atoms with E-state index in [1.165, 1.54) is 18.0 Å². The predicted molar refractivity (Wildman–Crippen MR) is 94.0 cm³/mol. The number of carbonyl (C=O) groups excluding carboxylic acids is 2. The molecule has 1 saturated heterocycles. The molecular weight excluding hydrogens is 398 g/mol. The number of ether oxygens (including phenoxy) is 1. The van der Waals surface area contributed by atoms with Gasteiger partial charge in [0.15, 0.2) is 16.4 Å². The lowest BCUT2D eigenvalue weighted by molar-refractivity contribution is -0.148. The molecule has 0 N–H and O–H groups in total. The van der Waals surface area contributed by atoms with Gasteiger partial charge in [0.1, 0.15) is 0 Å². The summed E-state index contributed by atoms with van der Waals surface area (Å²) in [6, 6.07) is 7.02. The smallest absolute Gasteiger partial charge is 0.331 e. The first kappa shape index (κ1) is 18.7. The summed E-state index contributed by atoms with van der Waals surface area (Å²) < 4.78 is 28.7. The van der Waals surface area contributed by atoms with Crippen molar-refractivity contribution in [3.63, 3.8) is 0 Å². The number of halogens is 1. The molecule has 24 heavy (non-hydrogen) atoms. The molecule has 1 aromatic carbocycles. The summed E-state index contributed by atoms with van der Waals surface area (Å²) in [5, 5.41) is 0. The molecule has 1 aromatic rings. The highest BCUT2D eigenvalue weighted by molar-refractivity contribution is 9.10. The van der Waals surface area contributed by atoms with Gasteiger partial charge in [0.2, 0.25) is 0 Å². The van der Waals surface area contributed by atoms with Crippen molar-refractivity contribution in [3.8, 4) is 0 Å². The van der Waals surface area contributed by atoms with E-state index < -0.39 is 28.3 Å². The maximum Gasteiger partial charge on any atom is 0.331 e. The van der Waals surface area contributed by atoms with Crippen LogP contribution < -0.4 is 0 Å². The fourth-order valence-corrected chi connectivity index (χ4v) is 4.53. The minimum absolute atomic E-state index is 0.0357. The van der Waals surface area contributed by atoms with Crippen LogP contribution in [0, 0.1) is 0 Å². The topological polar surface area (TPSA) is 80.8 Å². The van der Waals surface area contributed by atoms with Crippen LogP contribution >= 0.6 is 15.9 Å². The molecule has 1 heterocycles. The summed E-state index contributed by atoms with van der Waals surface area (Å²) in [7, 11) is -1.54. The zero-order valence-corrected chi connectivity index (χ0v) is 15.5. The molecule has 0 spiro atoms. The molecule has 1 aliphatic rings. The molecule has 1 amide bonds. The molecule has 0 radical (unpaired) electrons. The van der Waals surface area contributed by atoms with E-state index in [4.69, 9.17) is 4.74 Å². The fourth-order valence-electron chi connectivity index (χ4n) is 2.34. The van der Waals surface area contributed by atoms with E-state index in [1.807, 2.05) is 24.3 Å². The summed E-state index contributed by atoms with van der Waals surface area (Å²) >= 11 is 3.33. The van der Waals surface area contributed by atoms with Gasteiger partial charge in [-0.15, -0.1) is 0 Å². The molecule has 1 aliphatic heterocycles. The second-order valence-corrected chi connectivity index (χ2v) is 8.70. The SMILES string of the molecule is CN(C(=O)COC(=O)/C=C/c1cccc(Br)c1)C1CCS(=O)(=O)C1. The Labute approximate surface area is 149 Å². The maximum absolute atomic E-state index is 12.0. The second kappa shape index (κ2) is 7.94. The van der Waals surface area contributed by atoms with Crippen molar-refractivity contribution in [1.82, 2.24) is 4.90 Å². The van der Waals surface area contributed by atoms with Gasteiger partial charge in [-0.3, -0.25) is 4.79 Å². The van der Waals surface area contributed by atoms with Crippen molar-refractivity contribution in [3.05, 3.63) is 40.4 Å². The van der Waals surface area contributed by atoms with Crippen LogP contribution in [0.2, 0.25) is 0 Å². The number of rotatable bonds is 5. The maximum atomic E-state index is 12.0. The Morgan fingerprint density at radius 2 is 2.17 bits per heavy atom. The van der Waals surface area contributed by atoms with Crippen LogP contribution in [0.25, 0.3) is 6.08 Å². The lowest BCUT2D eigenvalue weighted by atomic mass is 10.2. The average Bonchev–Trinajstić information content (AvgIpc) is 2.90. The standard InChI is InChI=1S/C16H18BrNO5S/c1-18(14-7-8-24(21,22)11-14)15(19)10-23-16(20)6-5-12-3-2-4-13(17)9-12/h2-6,9,14H,7-8,10-11H2,1H3/b6-5+. The Morgan fingerprint density at radius 3 is 2.79 bits per heavy atom. The van der Waals surface area contributed by atoms with Crippen molar-refractivity contribution in [1.29, 1.82) is 0 Å². The van der Waals surface area contributed by atoms with Crippen LogP contribution in [0.4, 0.5) is 0 Å². The normalized spacial score (nSPS) is 19.3. The monoisotopic (exact) mass is 415 g/mol. The third-order valence-electron chi connectivity index (χ3n) is 3.75. The number of nitrogens with zero attached hydrogens (tertiary/aromatic N) is 1. The van der Waals surface area contributed by atoms with Crippen molar-refractivity contribution in [2.24, 2.45) is 0 Å². The summed E-state index contributed by atoms with van der Waals surface area (Å²) in [6.45, 7) is -0.408. The van der Waals surface area contributed by atoms with Gasteiger partial charge < -0.3 is 9.64 Å². The number of carbonyl (C=O) groups is 2. The Morgan fingerprint density at radius 1 is 1.42 bits per heavy atom. The van der Waals surface area contributed by atoms with E-state index in [2.05, 4.69) is 15.9 Å². The van der Waals surface area contributed by atoms with Gasteiger partial charge in [-0.2, -0.15) is 0 Å². The number of likely N-dealkylation sites (N-methyl/N-ethyl adjacent to an activating group) is 1. The van der Waals surface area contributed by atoms with Gasteiger partial charge in [0.25, 0.3) is 5.91 Å². The van der Waals surface area contributed by atoms with Crippen LogP contribution in [0.1, 0.15) is 12.0 Å². The van der Waals surface area contributed by atoms with Crippen LogP contribution in [-0.2, 0) is 24.2 Å². The molecule has 1 fully saturated rings. The number of amides is 1. The number of sulfone groups is 1. The first-order valence-electron chi connectivity index (χ1n) is 7.33. The lowest BCUT2D eigenvalue weighted by Crippen LogP contribution is -2.40. The zero-order valence-electron chi connectivity index (χ0n) is 13.1. The van der Waals surface area contributed by atoms with Crippen molar-refractivity contribution in [2.75, 3.05) is 25.2 Å². The molecule has 2 rings (SSSR count). The minimum Gasteiger partial charge on any atom is -0.452 e. The van der Waals surface area contributed by atoms with Crippen molar-refractivity contribution >= 4 is 43.7 Å². The third kappa shape index (κ3) is 5.45. The van der Waals surface area contributed by atoms with Gasteiger partial charge in [-0.1, -0.05) is 28.1 Å². The van der Waals surface area contributed by atoms with Crippen LogP contribution in [0.5, 0.6) is 0 Å². The van der Waals surface area contributed by atoms with Crippen LogP contribution in [0.15, 0.2) is 34.8 Å².